The van der Waals surface area contributed by atoms with Gasteiger partial charge in [-0.2, -0.15) is 0 Å². The second-order valence-corrected chi connectivity index (χ2v) is 6.41. The number of likely N-dealkylation sites (tertiary alicyclic amines) is 1. The van der Waals surface area contributed by atoms with Crippen molar-refractivity contribution in [1.82, 2.24) is 4.90 Å². The third-order valence-electron chi connectivity index (χ3n) is 5.10. The number of aryl methyl sites for hydroxylation is 1. The van der Waals surface area contributed by atoms with E-state index in [9.17, 15) is 4.79 Å². The normalized spacial score (nSPS) is 26.0. The number of hydrogen-bond acceptors (Lipinski definition) is 2. The molecule has 0 radical (unpaired) electrons. The number of rotatable bonds is 2. The van der Waals surface area contributed by atoms with Gasteiger partial charge < -0.3 is 10.6 Å². The van der Waals surface area contributed by atoms with Crippen LogP contribution in [-0.2, 0) is 11.2 Å². The number of carbonyl (C=O) groups excluding carboxylic acids is 1. The summed E-state index contributed by atoms with van der Waals surface area (Å²) in [5, 5.41) is 0. The van der Waals surface area contributed by atoms with Gasteiger partial charge in [-0.25, -0.2) is 0 Å². The van der Waals surface area contributed by atoms with E-state index in [1.54, 1.807) is 0 Å². The summed E-state index contributed by atoms with van der Waals surface area (Å²) in [4.78, 5) is 15.2. The Hall–Kier alpha value is -1.35. The van der Waals surface area contributed by atoms with Gasteiger partial charge in [0.2, 0.25) is 5.91 Å². The number of nitrogens with two attached hydrogens (primary N) is 1. The van der Waals surface area contributed by atoms with Gasteiger partial charge in [-0.05, 0) is 43.2 Å². The van der Waals surface area contributed by atoms with Gasteiger partial charge in [0, 0.05) is 19.1 Å². The van der Waals surface area contributed by atoms with Gasteiger partial charge in [-0.1, -0.05) is 37.1 Å². The highest BCUT2D eigenvalue weighted by molar-refractivity contribution is 5.84. The highest BCUT2D eigenvalue weighted by atomic mass is 16.2. The molecule has 3 rings (SSSR count). The van der Waals surface area contributed by atoms with E-state index < -0.39 is 0 Å². The van der Waals surface area contributed by atoms with Gasteiger partial charge in [0.15, 0.2) is 0 Å². The first-order valence-corrected chi connectivity index (χ1v) is 8.39. The van der Waals surface area contributed by atoms with E-state index in [0.717, 1.165) is 38.6 Å². The molecule has 1 aliphatic carbocycles. The van der Waals surface area contributed by atoms with Crippen molar-refractivity contribution in [3.05, 3.63) is 35.4 Å². The van der Waals surface area contributed by atoms with Crippen molar-refractivity contribution in [2.45, 2.75) is 56.9 Å². The molecule has 1 aromatic carbocycles. The molecule has 1 aliphatic heterocycles. The van der Waals surface area contributed by atoms with Crippen molar-refractivity contribution in [2.24, 2.45) is 5.73 Å². The first-order chi connectivity index (χ1) is 10.3. The largest absolute Gasteiger partial charge is 0.338 e. The van der Waals surface area contributed by atoms with E-state index >= 15 is 0 Å². The molecule has 0 spiro atoms. The van der Waals surface area contributed by atoms with E-state index in [4.69, 9.17) is 5.73 Å². The number of hydrogen-bond donors (Lipinski definition) is 1. The summed E-state index contributed by atoms with van der Waals surface area (Å²) >= 11 is 0. The van der Waals surface area contributed by atoms with Gasteiger partial charge in [-0.3, -0.25) is 4.79 Å². The number of fused-ring (bicyclic) bond motifs is 1. The Balaban J connectivity index is 1.84. The summed E-state index contributed by atoms with van der Waals surface area (Å²) in [7, 11) is 0. The number of nitrogens with zero attached hydrogens (tertiary/aromatic N) is 1. The van der Waals surface area contributed by atoms with Crippen LogP contribution < -0.4 is 5.73 Å². The maximum absolute atomic E-state index is 13.1. The highest BCUT2D eigenvalue weighted by Crippen LogP contribution is 2.34. The topological polar surface area (TPSA) is 46.3 Å². The minimum absolute atomic E-state index is 0.0575. The molecule has 114 valence electrons. The summed E-state index contributed by atoms with van der Waals surface area (Å²) in [5.41, 5.74) is 8.55. The van der Waals surface area contributed by atoms with Crippen LogP contribution in [0.15, 0.2) is 24.3 Å². The number of carbonyl (C=O) groups is 1. The molecule has 0 saturated carbocycles. The second kappa shape index (κ2) is 6.61. The number of benzene rings is 1. The van der Waals surface area contributed by atoms with Gasteiger partial charge in [0.05, 0.1) is 5.92 Å². The fourth-order valence-electron chi connectivity index (χ4n) is 3.92. The molecule has 2 aliphatic rings. The summed E-state index contributed by atoms with van der Waals surface area (Å²) in [6.45, 7) is 1.49. The first kappa shape index (κ1) is 14.6. The molecular weight excluding hydrogens is 260 g/mol. The SMILES string of the molecule is NCC1CCCCCN1C(=O)C1CCCc2ccccc21. The van der Waals surface area contributed by atoms with Crippen LogP contribution in [0.2, 0.25) is 0 Å². The molecule has 0 aromatic heterocycles. The van der Waals surface area contributed by atoms with Gasteiger partial charge in [0.1, 0.15) is 0 Å². The minimum Gasteiger partial charge on any atom is -0.338 e. The molecule has 3 heteroatoms. The maximum atomic E-state index is 13.1. The Bertz CT molecular complexity index is 500. The van der Waals surface area contributed by atoms with Crippen molar-refractivity contribution in [2.75, 3.05) is 13.1 Å². The molecule has 3 nitrogen and oxygen atoms in total. The molecule has 2 atom stereocenters. The Labute approximate surface area is 127 Å². The summed E-state index contributed by atoms with van der Waals surface area (Å²) in [5.74, 6) is 0.376. The standard InChI is InChI=1S/C18H26N2O/c19-13-15-9-2-1-5-12-20(15)18(21)17-11-6-8-14-7-3-4-10-16(14)17/h3-4,7,10,15,17H,1-2,5-6,8-9,11-13,19H2. The van der Waals surface area contributed by atoms with Crippen molar-refractivity contribution in [3.8, 4) is 0 Å². The monoisotopic (exact) mass is 286 g/mol. The molecule has 2 N–H and O–H groups in total. The summed E-state index contributed by atoms with van der Waals surface area (Å²) < 4.78 is 0. The predicted molar refractivity (Wildman–Crippen MR) is 85.1 cm³/mol. The summed E-state index contributed by atoms with van der Waals surface area (Å²) in [6, 6.07) is 8.71. The van der Waals surface area contributed by atoms with E-state index in [0.29, 0.717) is 12.5 Å². The molecule has 2 unspecified atom stereocenters. The molecule has 1 fully saturated rings. The zero-order valence-corrected chi connectivity index (χ0v) is 12.8. The van der Waals surface area contributed by atoms with Crippen LogP contribution in [0.4, 0.5) is 0 Å². The van der Waals surface area contributed by atoms with Crippen LogP contribution >= 0.6 is 0 Å². The summed E-state index contributed by atoms with van der Waals surface area (Å²) in [6.07, 6.45) is 7.83. The van der Waals surface area contributed by atoms with Gasteiger partial charge in [-0.15, -0.1) is 0 Å². The van der Waals surface area contributed by atoms with Crippen molar-refractivity contribution in [1.29, 1.82) is 0 Å². The van der Waals surface area contributed by atoms with Gasteiger partial charge in [0.25, 0.3) is 0 Å². The molecule has 21 heavy (non-hydrogen) atoms. The van der Waals surface area contributed by atoms with Crippen molar-refractivity contribution in [3.63, 3.8) is 0 Å². The van der Waals surface area contributed by atoms with Crippen LogP contribution in [0, 0.1) is 0 Å². The molecular formula is C18H26N2O. The Morgan fingerprint density at radius 3 is 2.86 bits per heavy atom. The number of amides is 1. The minimum atomic E-state index is 0.0575. The molecule has 0 bridgehead atoms. The maximum Gasteiger partial charge on any atom is 0.230 e. The van der Waals surface area contributed by atoms with E-state index in [-0.39, 0.29) is 12.0 Å². The van der Waals surface area contributed by atoms with Crippen LogP contribution in [0.25, 0.3) is 0 Å². The Kier molecular flexibility index (Phi) is 4.59. The lowest BCUT2D eigenvalue weighted by atomic mass is 9.82. The lowest BCUT2D eigenvalue weighted by Crippen LogP contribution is -2.46. The van der Waals surface area contributed by atoms with Crippen LogP contribution in [-0.4, -0.2) is 29.9 Å². The molecule has 1 heterocycles. The quantitative estimate of drug-likeness (QED) is 0.908. The fraction of sp³-hybridized carbons (Fsp3) is 0.611. The zero-order valence-electron chi connectivity index (χ0n) is 12.8. The lowest BCUT2D eigenvalue weighted by molar-refractivity contribution is -0.135. The Morgan fingerprint density at radius 1 is 1.14 bits per heavy atom. The molecule has 1 aromatic rings. The van der Waals surface area contributed by atoms with Gasteiger partial charge >= 0.3 is 0 Å². The van der Waals surface area contributed by atoms with E-state index in [2.05, 4.69) is 29.2 Å². The lowest BCUT2D eigenvalue weighted by Gasteiger charge is -2.34. The average molecular weight is 286 g/mol. The third-order valence-corrected chi connectivity index (χ3v) is 5.10. The smallest absolute Gasteiger partial charge is 0.230 e. The van der Waals surface area contributed by atoms with Crippen molar-refractivity contribution >= 4 is 5.91 Å². The third kappa shape index (κ3) is 2.98. The molecule has 1 amide bonds. The highest BCUT2D eigenvalue weighted by Gasteiger charge is 2.33. The fourth-order valence-corrected chi connectivity index (χ4v) is 3.92. The average Bonchev–Trinajstić information content (AvgIpc) is 2.79. The van der Waals surface area contributed by atoms with Crippen LogP contribution in [0.1, 0.15) is 55.6 Å². The second-order valence-electron chi connectivity index (χ2n) is 6.41. The van der Waals surface area contributed by atoms with E-state index in [1.165, 1.54) is 24.0 Å². The first-order valence-electron chi connectivity index (χ1n) is 8.39. The van der Waals surface area contributed by atoms with E-state index in [1.807, 2.05) is 0 Å². The zero-order chi connectivity index (χ0) is 14.7. The van der Waals surface area contributed by atoms with Crippen LogP contribution in [0.5, 0.6) is 0 Å². The molecule has 1 saturated heterocycles. The van der Waals surface area contributed by atoms with Crippen molar-refractivity contribution < 1.29 is 4.79 Å². The van der Waals surface area contributed by atoms with Crippen LogP contribution in [0.3, 0.4) is 0 Å². The predicted octanol–water partition coefficient (Wildman–Crippen LogP) is 2.84. The Morgan fingerprint density at radius 2 is 2.00 bits per heavy atom.